The number of amides is 2. The molecule has 1 rings (SSSR count). The van der Waals surface area contributed by atoms with Crippen molar-refractivity contribution in [1.82, 2.24) is 9.62 Å². The fourth-order valence-corrected chi connectivity index (χ4v) is 3.57. The highest BCUT2D eigenvalue weighted by Gasteiger charge is 2.21. The summed E-state index contributed by atoms with van der Waals surface area (Å²) in [5, 5.41) is 8.78. The van der Waals surface area contributed by atoms with Gasteiger partial charge in [-0.25, -0.2) is 13.1 Å². The Hall–Kier alpha value is -1.97. The summed E-state index contributed by atoms with van der Waals surface area (Å²) in [4.78, 5) is 25.8. The molecule has 0 atom stereocenters. The van der Waals surface area contributed by atoms with Crippen LogP contribution in [-0.2, 0) is 10.0 Å². The first-order chi connectivity index (χ1) is 12.3. The molecule has 4 N–H and O–H groups in total. The number of primary amides is 1. The number of rotatable bonds is 11. The summed E-state index contributed by atoms with van der Waals surface area (Å²) in [6.45, 7) is 4.83. The molecule has 8 nitrogen and oxygen atoms in total. The van der Waals surface area contributed by atoms with Crippen LogP contribution in [-0.4, -0.2) is 56.5 Å². The van der Waals surface area contributed by atoms with E-state index in [0.29, 0.717) is 13.1 Å². The SMILES string of the molecule is CCCN(CCC)C(=O)c1cc(C(N)=O)cc(S(=O)(=O)NCCCO)c1. The van der Waals surface area contributed by atoms with E-state index in [4.69, 9.17) is 10.8 Å². The van der Waals surface area contributed by atoms with Gasteiger partial charge >= 0.3 is 0 Å². The zero-order valence-corrected chi connectivity index (χ0v) is 16.0. The second-order valence-corrected chi connectivity index (χ2v) is 7.64. The number of nitrogens with zero attached hydrogens (tertiary/aromatic N) is 1. The van der Waals surface area contributed by atoms with Crippen molar-refractivity contribution in [2.75, 3.05) is 26.2 Å². The van der Waals surface area contributed by atoms with Gasteiger partial charge in [0, 0.05) is 37.4 Å². The molecule has 0 heterocycles. The minimum Gasteiger partial charge on any atom is -0.396 e. The Morgan fingerprint density at radius 3 is 2.19 bits per heavy atom. The molecular formula is C17H27N3O5S. The Morgan fingerprint density at radius 1 is 1.12 bits per heavy atom. The van der Waals surface area contributed by atoms with Gasteiger partial charge in [0.1, 0.15) is 0 Å². The summed E-state index contributed by atoms with van der Waals surface area (Å²) < 4.78 is 27.1. The number of aliphatic hydroxyl groups excluding tert-OH is 1. The molecule has 1 aromatic carbocycles. The maximum atomic E-state index is 12.8. The number of carbonyl (C=O) groups excluding carboxylic acids is 2. The van der Waals surface area contributed by atoms with Crippen molar-refractivity contribution in [3.05, 3.63) is 29.3 Å². The summed E-state index contributed by atoms with van der Waals surface area (Å²) in [7, 11) is -3.93. The Bertz CT molecular complexity index is 728. The summed E-state index contributed by atoms with van der Waals surface area (Å²) in [5.74, 6) is -1.16. The highest BCUT2D eigenvalue weighted by atomic mass is 32.2. The Labute approximate surface area is 154 Å². The van der Waals surface area contributed by atoms with Crippen molar-refractivity contribution in [3.63, 3.8) is 0 Å². The van der Waals surface area contributed by atoms with Crippen LogP contribution in [0.5, 0.6) is 0 Å². The second kappa shape index (κ2) is 10.2. The number of carbonyl (C=O) groups is 2. The lowest BCUT2D eigenvalue weighted by atomic mass is 10.1. The van der Waals surface area contributed by atoms with Crippen LogP contribution in [0.2, 0.25) is 0 Å². The molecule has 0 aliphatic carbocycles. The number of nitrogens with two attached hydrogens (primary N) is 1. The van der Waals surface area contributed by atoms with Gasteiger partial charge in [0.15, 0.2) is 0 Å². The Morgan fingerprint density at radius 2 is 1.69 bits per heavy atom. The molecule has 0 aromatic heterocycles. The van der Waals surface area contributed by atoms with E-state index >= 15 is 0 Å². The average Bonchev–Trinajstić information content (AvgIpc) is 2.60. The van der Waals surface area contributed by atoms with Gasteiger partial charge in [-0.05, 0) is 37.5 Å². The summed E-state index contributed by atoms with van der Waals surface area (Å²) in [6.07, 6.45) is 1.77. The quantitative estimate of drug-likeness (QED) is 0.483. The summed E-state index contributed by atoms with van der Waals surface area (Å²) >= 11 is 0. The van der Waals surface area contributed by atoms with Crippen molar-refractivity contribution in [3.8, 4) is 0 Å². The summed E-state index contributed by atoms with van der Waals surface area (Å²) in [5.41, 5.74) is 5.35. The van der Waals surface area contributed by atoms with Crippen LogP contribution in [0.1, 0.15) is 53.8 Å². The van der Waals surface area contributed by atoms with Crippen LogP contribution in [0, 0.1) is 0 Å². The third-order valence-electron chi connectivity index (χ3n) is 3.65. The van der Waals surface area contributed by atoms with Crippen LogP contribution in [0.15, 0.2) is 23.1 Å². The maximum Gasteiger partial charge on any atom is 0.253 e. The first kappa shape index (κ1) is 22.1. The van der Waals surface area contributed by atoms with E-state index in [-0.39, 0.29) is 41.5 Å². The Balaban J connectivity index is 3.30. The molecule has 0 radical (unpaired) electrons. The topological polar surface area (TPSA) is 130 Å². The van der Waals surface area contributed by atoms with Gasteiger partial charge < -0.3 is 15.7 Å². The Kier molecular flexibility index (Phi) is 8.70. The molecular weight excluding hydrogens is 358 g/mol. The van der Waals surface area contributed by atoms with Gasteiger partial charge in [-0.15, -0.1) is 0 Å². The number of hydrogen-bond acceptors (Lipinski definition) is 5. The monoisotopic (exact) mass is 385 g/mol. The molecule has 0 unspecified atom stereocenters. The minimum absolute atomic E-state index is 0.0424. The number of benzene rings is 1. The molecule has 26 heavy (non-hydrogen) atoms. The van der Waals surface area contributed by atoms with Gasteiger partial charge in [-0.2, -0.15) is 0 Å². The van der Waals surface area contributed by atoms with E-state index in [2.05, 4.69) is 4.72 Å². The van der Waals surface area contributed by atoms with Crippen LogP contribution < -0.4 is 10.5 Å². The number of hydrogen-bond donors (Lipinski definition) is 3. The molecule has 0 fully saturated rings. The first-order valence-electron chi connectivity index (χ1n) is 8.61. The highest BCUT2D eigenvalue weighted by molar-refractivity contribution is 7.89. The molecule has 9 heteroatoms. The van der Waals surface area contributed by atoms with Gasteiger partial charge in [0.05, 0.1) is 4.90 Å². The van der Waals surface area contributed by atoms with Gasteiger partial charge in [-0.1, -0.05) is 13.8 Å². The predicted molar refractivity (Wildman–Crippen MR) is 98.3 cm³/mol. The zero-order valence-electron chi connectivity index (χ0n) is 15.2. The number of aliphatic hydroxyl groups is 1. The van der Waals surface area contributed by atoms with Gasteiger partial charge in [0.25, 0.3) is 5.91 Å². The normalized spacial score (nSPS) is 11.3. The lowest BCUT2D eigenvalue weighted by Crippen LogP contribution is -2.33. The lowest BCUT2D eigenvalue weighted by molar-refractivity contribution is 0.0755. The highest BCUT2D eigenvalue weighted by Crippen LogP contribution is 2.17. The summed E-state index contributed by atoms with van der Waals surface area (Å²) in [6, 6.07) is 3.70. The second-order valence-electron chi connectivity index (χ2n) is 5.88. The average molecular weight is 385 g/mol. The molecule has 0 bridgehead atoms. The maximum absolute atomic E-state index is 12.8. The molecule has 0 aliphatic rings. The fourth-order valence-electron chi connectivity index (χ4n) is 2.43. The minimum atomic E-state index is -3.93. The third kappa shape index (κ3) is 6.08. The van der Waals surface area contributed by atoms with Crippen molar-refractivity contribution in [2.24, 2.45) is 5.73 Å². The number of nitrogens with one attached hydrogen (secondary N) is 1. The standard InChI is InChI=1S/C17H27N3O5S/c1-3-7-20(8-4-2)17(23)14-10-13(16(18)22)11-15(12-14)26(24,25)19-6-5-9-21/h10-12,19,21H,3-9H2,1-2H3,(H2,18,22). The third-order valence-corrected chi connectivity index (χ3v) is 5.09. The van der Waals surface area contributed by atoms with Gasteiger partial charge in [-0.3, -0.25) is 9.59 Å². The fraction of sp³-hybridized carbons (Fsp3) is 0.529. The van der Waals surface area contributed by atoms with E-state index < -0.39 is 15.9 Å². The largest absolute Gasteiger partial charge is 0.396 e. The molecule has 0 saturated heterocycles. The van der Waals surface area contributed by atoms with Crippen LogP contribution in [0.4, 0.5) is 0 Å². The number of sulfonamides is 1. The predicted octanol–water partition coefficient (Wildman–Crippen LogP) is 0.708. The molecule has 146 valence electrons. The van der Waals surface area contributed by atoms with Gasteiger partial charge in [0.2, 0.25) is 15.9 Å². The van der Waals surface area contributed by atoms with E-state index in [1.165, 1.54) is 12.1 Å². The van der Waals surface area contributed by atoms with E-state index in [9.17, 15) is 18.0 Å². The molecule has 1 aromatic rings. The molecule has 0 spiro atoms. The van der Waals surface area contributed by atoms with Crippen molar-refractivity contribution >= 4 is 21.8 Å². The van der Waals surface area contributed by atoms with Crippen molar-refractivity contribution in [1.29, 1.82) is 0 Å². The van der Waals surface area contributed by atoms with E-state index in [1.54, 1.807) is 4.90 Å². The van der Waals surface area contributed by atoms with Crippen molar-refractivity contribution < 1.29 is 23.1 Å². The smallest absolute Gasteiger partial charge is 0.253 e. The van der Waals surface area contributed by atoms with Crippen LogP contribution >= 0.6 is 0 Å². The van der Waals surface area contributed by atoms with Crippen LogP contribution in [0.25, 0.3) is 0 Å². The van der Waals surface area contributed by atoms with Crippen molar-refractivity contribution in [2.45, 2.75) is 38.0 Å². The first-order valence-corrected chi connectivity index (χ1v) is 10.1. The van der Waals surface area contributed by atoms with Crippen LogP contribution in [0.3, 0.4) is 0 Å². The zero-order chi connectivity index (χ0) is 19.7. The molecule has 0 saturated carbocycles. The molecule has 2 amide bonds. The lowest BCUT2D eigenvalue weighted by Gasteiger charge is -2.22. The molecule has 0 aliphatic heterocycles. The van der Waals surface area contributed by atoms with E-state index in [0.717, 1.165) is 18.9 Å². The van der Waals surface area contributed by atoms with E-state index in [1.807, 2.05) is 13.8 Å².